The van der Waals surface area contributed by atoms with Gasteiger partial charge in [-0.15, -0.1) is 0 Å². The largest absolute Gasteiger partial charge is 1.00 e. The molecule has 2 aliphatic rings. The Kier molecular flexibility index (Phi) is 12.0. The molecule has 11 nitrogen and oxygen atoms in total. The van der Waals surface area contributed by atoms with Gasteiger partial charge in [-0.2, -0.15) is 0 Å². The number of anilines is 1. The van der Waals surface area contributed by atoms with Gasteiger partial charge in [-0.05, 0) is 93.1 Å². The smallest absolute Gasteiger partial charge is 0.748 e. The van der Waals surface area contributed by atoms with E-state index in [1.54, 1.807) is 17.1 Å². The zero-order valence-corrected chi connectivity index (χ0v) is 30.8. The normalized spacial score (nSPS) is 20.0. The number of aryl methyl sites for hydroxylation is 1. The van der Waals surface area contributed by atoms with E-state index in [1.807, 2.05) is 49.0 Å². The van der Waals surface area contributed by atoms with Crippen LogP contribution >= 0.6 is 0 Å². The zero-order chi connectivity index (χ0) is 32.5. The number of aliphatic carboxylic acids is 1. The van der Waals surface area contributed by atoms with Crippen molar-refractivity contribution in [2.75, 3.05) is 17.2 Å². The van der Waals surface area contributed by atoms with Crippen LogP contribution in [0.15, 0.2) is 82.5 Å². The summed E-state index contributed by atoms with van der Waals surface area (Å²) >= 11 is 0. The second-order valence-electron chi connectivity index (χ2n) is 11.8. The summed E-state index contributed by atoms with van der Waals surface area (Å²) in [5.41, 5.74) is 2.50. The van der Waals surface area contributed by atoms with Crippen LogP contribution in [0.3, 0.4) is 0 Å². The Morgan fingerprint density at radius 3 is 2.38 bits per heavy atom. The minimum Gasteiger partial charge on any atom is -0.748 e. The Bertz CT molecular complexity index is 1820. The first kappa shape index (κ1) is 37.4. The van der Waals surface area contributed by atoms with E-state index >= 15 is 0 Å². The zero-order valence-electron chi connectivity index (χ0n) is 26.1. The van der Waals surface area contributed by atoms with Crippen molar-refractivity contribution >= 4 is 43.4 Å². The average molecular weight is 682 g/mol. The van der Waals surface area contributed by atoms with Crippen LogP contribution in [0, 0.1) is 0 Å². The predicted octanol–water partition coefficient (Wildman–Crippen LogP) is 0.747. The summed E-state index contributed by atoms with van der Waals surface area (Å²) in [5, 5.41) is 9.27. The van der Waals surface area contributed by atoms with E-state index in [9.17, 15) is 35.8 Å². The van der Waals surface area contributed by atoms with E-state index in [1.165, 1.54) is 18.2 Å². The van der Waals surface area contributed by atoms with Gasteiger partial charge in [0.25, 0.3) is 0 Å². The van der Waals surface area contributed by atoms with Crippen LogP contribution in [0.2, 0.25) is 0 Å². The number of nitrogens with zero attached hydrogens (tertiary/aromatic N) is 3. The number of hydrogen-bond acceptors (Lipinski definition) is 9. The molecule has 1 aromatic carbocycles. The first-order chi connectivity index (χ1) is 20.4. The molecule has 1 N–H and O–H groups in total. The number of fused-ring (bicyclic) bond motifs is 2. The first-order valence-corrected chi connectivity index (χ1v) is 17.1. The number of rotatable bonds is 12. The number of aliphatic imine (C=N–C) groups is 1. The molecule has 3 heterocycles. The average Bonchev–Trinajstić information content (AvgIpc) is 3.30. The minimum absolute atomic E-state index is 0. The van der Waals surface area contributed by atoms with Crippen LogP contribution in [-0.2, 0) is 42.9 Å². The molecule has 1 aromatic heterocycles. The maximum atomic E-state index is 11.9. The van der Waals surface area contributed by atoms with Crippen molar-refractivity contribution in [3.63, 3.8) is 0 Å². The summed E-state index contributed by atoms with van der Waals surface area (Å²) in [5.74, 6) is -0.686. The molecule has 236 valence electrons. The van der Waals surface area contributed by atoms with Crippen molar-refractivity contribution in [1.29, 1.82) is 0 Å². The van der Waals surface area contributed by atoms with E-state index < -0.39 is 42.3 Å². The third kappa shape index (κ3) is 8.48. The van der Waals surface area contributed by atoms with Crippen molar-refractivity contribution in [2.24, 2.45) is 12.0 Å². The number of aromatic nitrogens is 1. The van der Waals surface area contributed by atoms with Crippen LogP contribution in [0.25, 0.3) is 0 Å². The predicted molar refractivity (Wildman–Crippen MR) is 164 cm³/mol. The second-order valence-corrected chi connectivity index (χ2v) is 14.7. The number of hydrogen-bond donors (Lipinski definition) is 1. The topological polar surface area (TPSA) is 171 Å². The molecule has 0 radical (unpaired) electrons. The summed E-state index contributed by atoms with van der Waals surface area (Å²) < 4.78 is 71.6. The van der Waals surface area contributed by atoms with Gasteiger partial charge in [-0.1, -0.05) is 18.2 Å². The number of carboxylic acid groups (broad SMARTS) is 1. The Morgan fingerprint density at radius 1 is 1.04 bits per heavy atom. The number of benzene rings is 1. The number of carbonyl (C=O) groups is 1. The molecular formula is C31H36KN3O8S2. The first-order valence-electron chi connectivity index (χ1n) is 14.1. The summed E-state index contributed by atoms with van der Waals surface area (Å²) in [4.78, 5) is 17.5. The van der Waals surface area contributed by atoms with Gasteiger partial charge in [0.1, 0.15) is 10.1 Å². The molecule has 2 aliphatic heterocycles. The molecule has 0 amide bonds. The van der Waals surface area contributed by atoms with Gasteiger partial charge in [0.05, 0.1) is 39.2 Å². The monoisotopic (exact) mass is 681 g/mol. The fraction of sp³-hybridized carbons (Fsp3) is 0.387. The molecule has 0 saturated carbocycles. The fourth-order valence-electron chi connectivity index (χ4n) is 5.91. The van der Waals surface area contributed by atoms with E-state index in [0.717, 1.165) is 17.1 Å². The Balaban J connectivity index is 0.00000552. The quantitative estimate of drug-likeness (QED) is 0.147. The molecule has 0 saturated heterocycles. The summed E-state index contributed by atoms with van der Waals surface area (Å²) in [6, 6.07) is 8.02. The van der Waals surface area contributed by atoms with Crippen LogP contribution < -0.4 is 60.9 Å². The summed E-state index contributed by atoms with van der Waals surface area (Å²) in [6.07, 6.45) is 11.6. The summed E-state index contributed by atoms with van der Waals surface area (Å²) in [6.45, 7) is 6.16. The van der Waals surface area contributed by atoms with Gasteiger partial charge in [-0.25, -0.2) is 21.4 Å². The van der Waals surface area contributed by atoms with E-state index in [4.69, 9.17) is 4.99 Å². The number of allylic oxidation sites excluding steroid dienone is 6. The van der Waals surface area contributed by atoms with Crippen molar-refractivity contribution in [3.8, 4) is 0 Å². The number of carboxylic acids is 1. The van der Waals surface area contributed by atoms with Crippen molar-refractivity contribution in [2.45, 2.75) is 62.2 Å². The van der Waals surface area contributed by atoms with Gasteiger partial charge < -0.3 is 19.1 Å². The molecule has 1 unspecified atom stereocenters. The van der Waals surface area contributed by atoms with Crippen LogP contribution in [0.1, 0.15) is 57.6 Å². The molecule has 45 heavy (non-hydrogen) atoms. The van der Waals surface area contributed by atoms with Gasteiger partial charge in [-0.3, -0.25) is 4.79 Å². The van der Waals surface area contributed by atoms with Crippen molar-refractivity contribution in [3.05, 3.63) is 83.7 Å². The molecule has 0 fully saturated rings. The van der Waals surface area contributed by atoms with Crippen LogP contribution in [0.5, 0.6) is 0 Å². The van der Waals surface area contributed by atoms with E-state index in [-0.39, 0.29) is 82.6 Å². The maximum Gasteiger partial charge on any atom is 1.00 e. The molecule has 0 bridgehead atoms. The SMILES string of the molecule is C[n+]1cccc2c1N=C(/C=C/C=C/C=C1\N(CCCS(=O)(=O)[O-])c3ccc(S(=O)(=O)[O-])cc3C1(C)CCCC(=O)O)C2(C)C.[K+]. The second kappa shape index (κ2) is 14.4. The van der Waals surface area contributed by atoms with Gasteiger partial charge in [0.2, 0.25) is 0 Å². The Hall–Kier alpha value is -2.01. The maximum absolute atomic E-state index is 11.9. The van der Waals surface area contributed by atoms with Crippen LogP contribution in [0.4, 0.5) is 11.5 Å². The van der Waals surface area contributed by atoms with Gasteiger partial charge >= 0.3 is 63.2 Å². The molecule has 0 aliphatic carbocycles. The molecule has 14 heteroatoms. The Morgan fingerprint density at radius 2 is 1.76 bits per heavy atom. The van der Waals surface area contributed by atoms with E-state index in [0.29, 0.717) is 23.4 Å². The molecule has 0 spiro atoms. The Labute approximate surface area is 307 Å². The molecular weight excluding hydrogens is 646 g/mol. The molecule has 1 atom stereocenters. The van der Waals surface area contributed by atoms with Crippen molar-refractivity contribution < 1.29 is 91.8 Å². The van der Waals surface area contributed by atoms with Crippen LogP contribution in [-0.4, -0.2) is 55.0 Å². The van der Waals surface area contributed by atoms with Crippen molar-refractivity contribution in [1.82, 2.24) is 0 Å². The fourth-order valence-corrected chi connectivity index (χ4v) is 6.89. The summed E-state index contributed by atoms with van der Waals surface area (Å²) in [7, 11) is -7.31. The molecule has 2 aromatic rings. The van der Waals surface area contributed by atoms with E-state index in [2.05, 4.69) is 19.9 Å². The molecule has 4 rings (SSSR count). The third-order valence-corrected chi connectivity index (χ3v) is 9.88. The third-order valence-electron chi connectivity index (χ3n) is 8.26. The van der Waals surface area contributed by atoms with Gasteiger partial charge in [0, 0.05) is 35.5 Å². The van der Waals surface area contributed by atoms with Gasteiger partial charge in [0.15, 0.2) is 5.71 Å². The standard InChI is InChI=1S/C31H37N3O8S2.K/c1-30(2)23-11-9-18-33(4)29(23)32-26(30)12-6-5-7-13-27-31(3,17-8-14-28(35)36)24-21-22(44(40,41)42)15-16-25(24)34(27)19-10-20-43(37,38)39;/h5-7,9,11-13,15-16,18,21H,8,10,14,17,19-20H2,1-4H3,(H2-,35,36,37,38,39,40,41,42);/q;+1/p-1. The minimum atomic E-state index is -4.78. The number of pyridine rings is 1.